The number of aromatic nitrogens is 3. The van der Waals surface area contributed by atoms with E-state index < -0.39 is 48.9 Å². The summed E-state index contributed by atoms with van der Waals surface area (Å²) in [6.07, 6.45) is -6.99. The van der Waals surface area contributed by atoms with Crippen molar-refractivity contribution in [2.24, 2.45) is 4.99 Å². The number of aliphatic imine (C=N–C) groups is 1. The number of amidine groups is 1. The molecule has 240 valence electrons. The normalized spacial score (nSPS) is 14.7. The zero-order valence-corrected chi connectivity index (χ0v) is 24.3. The number of hydrogen-bond donors (Lipinski definition) is 1. The Hall–Kier alpha value is -4.77. The number of hydrogen-bond acceptors (Lipinski definition) is 6. The van der Waals surface area contributed by atoms with Crippen LogP contribution in [0.25, 0.3) is 17.1 Å². The first-order valence-corrected chi connectivity index (χ1v) is 14.2. The van der Waals surface area contributed by atoms with E-state index in [1.165, 1.54) is 35.1 Å². The molecule has 9 nitrogen and oxygen atoms in total. The summed E-state index contributed by atoms with van der Waals surface area (Å²) in [5, 5.41) is 6.46. The molecule has 0 aliphatic carbocycles. The highest BCUT2D eigenvalue weighted by atomic mass is 32.2. The standard InChI is InChI=1S/C29H21F7N6O3S/c1-16-2-3-18(13-45-15-28(31,32)33)23(10-16)42-25(43)14-46-27(42)39-26(44)38-22-6-4-17(11-20(22)30)21-8-9-41(40-21)24-7-5-19(12-37-24)29(34,35)36/h2-12H,13-15H2,1H3,(H,38,44)/b39-27-. The molecule has 0 bridgehead atoms. The Morgan fingerprint density at radius 3 is 2.52 bits per heavy atom. The lowest BCUT2D eigenvalue weighted by Gasteiger charge is -2.21. The number of thioether (sulfide) groups is 1. The van der Waals surface area contributed by atoms with E-state index in [1.807, 2.05) is 0 Å². The van der Waals surface area contributed by atoms with E-state index in [-0.39, 0.29) is 44.9 Å². The van der Waals surface area contributed by atoms with Crippen molar-refractivity contribution in [1.82, 2.24) is 14.8 Å². The lowest BCUT2D eigenvalue weighted by molar-refractivity contribution is -0.176. The Morgan fingerprint density at radius 1 is 1.07 bits per heavy atom. The average molecular weight is 667 g/mol. The first-order chi connectivity index (χ1) is 21.7. The van der Waals surface area contributed by atoms with E-state index in [0.717, 1.165) is 34.9 Å². The molecule has 1 N–H and O–H groups in total. The SMILES string of the molecule is Cc1ccc(COCC(F)(F)F)c(N2C(=O)CS/C2=N\C(=O)Nc2ccc(-c3ccn(-c4ccc(C(F)(F)F)cn4)n3)cc2F)c1. The highest BCUT2D eigenvalue weighted by Crippen LogP contribution is 2.32. The van der Waals surface area contributed by atoms with Crippen LogP contribution < -0.4 is 10.2 Å². The van der Waals surface area contributed by atoms with Gasteiger partial charge in [0.1, 0.15) is 12.4 Å². The molecule has 46 heavy (non-hydrogen) atoms. The van der Waals surface area contributed by atoms with Crippen molar-refractivity contribution >= 4 is 40.2 Å². The molecule has 1 aliphatic rings. The van der Waals surface area contributed by atoms with Gasteiger partial charge in [-0.3, -0.25) is 9.69 Å². The number of rotatable bonds is 7. The van der Waals surface area contributed by atoms with Crippen molar-refractivity contribution in [2.45, 2.75) is 25.9 Å². The summed E-state index contributed by atoms with van der Waals surface area (Å²) in [5.41, 5.74) is 0.528. The lowest BCUT2D eigenvalue weighted by Crippen LogP contribution is -2.31. The molecule has 2 aromatic heterocycles. The minimum absolute atomic E-state index is 0.0652. The van der Waals surface area contributed by atoms with Gasteiger partial charge in [-0.2, -0.15) is 36.4 Å². The number of ether oxygens (including phenoxy) is 1. The van der Waals surface area contributed by atoms with Crippen LogP contribution in [0.2, 0.25) is 0 Å². The fourth-order valence-corrected chi connectivity index (χ4v) is 5.12. The van der Waals surface area contributed by atoms with Gasteiger partial charge in [-0.05, 0) is 48.9 Å². The van der Waals surface area contributed by atoms with Crippen LogP contribution in [0.1, 0.15) is 16.7 Å². The Labute approximate surface area is 260 Å². The molecule has 0 saturated carbocycles. The van der Waals surface area contributed by atoms with Gasteiger partial charge in [0.05, 0.1) is 35.0 Å². The van der Waals surface area contributed by atoms with Gasteiger partial charge in [-0.1, -0.05) is 30.0 Å². The first-order valence-electron chi connectivity index (χ1n) is 13.2. The highest BCUT2D eigenvalue weighted by molar-refractivity contribution is 8.15. The number of benzene rings is 2. The van der Waals surface area contributed by atoms with Crippen LogP contribution in [-0.4, -0.2) is 50.4 Å². The van der Waals surface area contributed by atoms with Crippen molar-refractivity contribution in [1.29, 1.82) is 0 Å². The molecule has 3 heterocycles. The smallest absolute Gasteiger partial charge is 0.367 e. The minimum Gasteiger partial charge on any atom is -0.367 e. The maximum absolute atomic E-state index is 15.0. The van der Waals surface area contributed by atoms with E-state index in [4.69, 9.17) is 4.74 Å². The van der Waals surface area contributed by atoms with Crippen LogP contribution in [0.5, 0.6) is 0 Å². The quantitative estimate of drug-likeness (QED) is 0.210. The molecular weight excluding hydrogens is 645 g/mol. The van der Waals surface area contributed by atoms with Crippen LogP contribution in [0.4, 0.5) is 46.9 Å². The van der Waals surface area contributed by atoms with E-state index in [0.29, 0.717) is 11.8 Å². The van der Waals surface area contributed by atoms with Gasteiger partial charge in [-0.15, -0.1) is 0 Å². The van der Waals surface area contributed by atoms with Crippen LogP contribution in [0.15, 0.2) is 72.0 Å². The molecule has 0 radical (unpaired) electrons. The largest absolute Gasteiger partial charge is 0.417 e. The number of urea groups is 1. The predicted molar refractivity (Wildman–Crippen MR) is 155 cm³/mol. The molecule has 0 atom stereocenters. The zero-order chi connectivity index (χ0) is 33.2. The topological polar surface area (TPSA) is 102 Å². The van der Waals surface area contributed by atoms with Crippen molar-refractivity contribution < 1.29 is 45.1 Å². The molecule has 1 saturated heterocycles. The Kier molecular flexibility index (Phi) is 9.16. The van der Waals surface area contributed by atoms with E-state index in [2.05, 4.69) is 20.4 Å². The first kappa shape index (κ1) is 32.6. The summed E-state index contributed by atoms with van der Waals surface area (Å²) in [6, 6.07) is 10.9. The number of nitrogens with zero attached hydrogens (tertiary/aromatic N) is 5. The highest BCUT2D eigenvalue weighted by Gasteiger charge is 2.33. The number of halogens is 7. The van der Waals surface area contributed by atoms with Gasteiger partial charge in [0, 0.05) is 23.5 Å². The predicted octanol–water partition coefficient (Wildman–Crippen LogP) is 7.15. The zero-order valence-electron chi connectivity index (χ0n) is 23.5. The minimum atomic E-state index is -4.55. The molecule has 5 rings (SSSR count). The van der Waals surface area contributed by atoms with Crippen LogP contribution in [0, 0.1) is 12.7 Å². The molecule has 1 aliphatic heterocycles. The third kappa shape index (κ3) is 7.71. The van der Waals surface area contributed by atoms with Crippen molar-refractivity contribution in [3.63, 3.8) is 0 Å². The maximum atomic E-state index is 15.0. The number of carbonyl (C=O) groups is 2. The van der Waals surface area contributed by atoms with Gasteiger partial charge in [0.2, 0.25) is 5.91 Å². The lowest BCUT2D eigenvalue weighted by atomic mass is 10.1. The van der Waals surface area contributed by atoms with Crippen molar-refractivity contribution in [2.75, 3.05) is 22.6 Å². The summed E-state index contributed by atoms with van der Waals surface area (Å²) in [7, 11) is 0. The maximum Gasteiger partial charge on any atom is 0.417 e. The molecule has 0 spiro atoms. The second kappa shape index (κ2) is 12.9. The molecule has 0 unspecified atom stereocenters. The van der Waals surface area contributed by atoms with Gasteiger partial charge in [0.15, 0.2) is 11.0 Å². The Morgan fingerprint density at radius 2 is 1.85 bits per heavy atom. The van der Waals surface area contributed by atoms with E-state index in [9.17, 15) is 35.9 Å². The van der Waals surface area contributed by atoms with E-state index >= 15 is 4.39 Å². The fraction of sp³-hybridized carbons (Fsp3) is 0.207. The number of anilines is 2. The third-order valence-electron chi connectivity index (χ3n) is 6.37. The number of aryl methyl sites for hydroxylation is 1. The van der Waals surface area contributed by atoms with Gasteiger partial charge >= 0.3 is 18.4 Å². The Balaban J connectivity index is 1.30. The van der Waals surface area contributed by atoms with Gasteiger partial charge < -0.3 is 10.1 Å². The second-order valence-electron chi connectivity index (χ2n) is 9.83. The molecule has 17 heteroatoms. The number of nitrogens with one attached hydrogen (secondary N) is 1. The summed E-state index contributed by atoms with van der Waals surface area (Å²) >= 11 is 0.921. The number of carbonyl (C=O) groups excluding carboxylic acids is 2. The van der Waals surface area contributed by atoms with Crippen LogP contribution >= 0.6 is 11.8 Å². The second-order valence-corrected chi connectivity index (χ2v) is 10.8. The van der Waals surface area contributed by atoms with E-state index in [1.54, 1.807) is 19.1 Å². The summed E-state index contributed by atoms with van der Waals surface area (Å²) in [5.74, 6) is -1.32. The fourth-order valence-electron chi connectivity index (χ4n) is 4.26. The summed E-state index contributed by atoms with van der Waals surface area (Å²) in [6.45, 7) is -0.238. The van der Waals surface area contributed by atoms with Crippen molar-refractivity contribution in [3.8, 4) is 17.1 Å². The molecule has 4 aromatic rings. The summed E-state index contributed by atoms with van der Waals surface area (Å²) < 4.78 is 97.2. The van der Waals surface area contributed by atoms with Gasteiger partial charge in [-0.25, -0.2) is 18.9 Å². The van der Waals surface area contributed by atoms with Crippen LogP contribution in [-0.2, 0) is 22.3 Å². The third-order valence-corrected chi connectivity index (χ3v) is 7.30. The summed E-state index contributed by atoms with van der Waals surface area (Å²) in [4.78, 5) is 34.3. The number of amides is 3. The number of alkyl halides is 6. The van der Waals surface area contributed by atoms with Crippen LogP contribution in [0.3, 0.4) is 0 Å². The number of pyridine rings is 1. The average Bonchev–Trinajstić information content (AvgIpc) is 3.61. The molecule has 1 fully saturated rings. The van der Waals surface area contributed by atoms with Gasteiger partial charge in [0.25, 0.3) is 0 Å². The Bertz CT molecular complexity index is 1810. The monoisotopic (exact) mass is 666 g/mol. The molecular formula is C29H21F7N6O3S. The van der Waals surface area contributed by atoms with Crippen molar-refractivity contribution in [3.05, 3.63) is 89.5 Å². The molecule has 3 amide bonds. The molecule has 2 aromatic carbocycles.